The highest BCUT2D eigenvalue weighted by atomic mass is 35.5. The van der Waals surface area contributed by atoms with E-state index in [1.807, 2.05) is 24.5 Å². The Kier molecular flexibility index (Phi) is 5.43. The van der Waals surface area contributed by atoms with E-state index in [-0.39, 0.29) is 5.91 Å². The Labute approximate surface area is 178 Å². The molecule has 3 heterocycles. The molecule has 1 aromatic carbocycles. The summed E-state index contributed by atoms with van der Waals surface area (Å²) in [5, 5.41) is 0.885. The fourth-order valence-corrected chi connectivity index (χ4v) is 3.83. The van der Waals surface area contributed by atoms with Gasteiger partial charge in [0.15, 0.2) is 0 Å². The van der Waals surface area contributed by atoms with Gasteiger partial charge < -0.3 is 9.80 Å². The van der Waals surface area contributed by atoms with Gasteiger partial charge in [-0.3, -0.25) is 9.36 Å². The highest BCUT2D eigenvalue weighted by molar-refractivity contribution is 6.36. The first-order valence-electron chi connectivity index (χ1n) is 9.26. The number of hydrogen-bond donors (Lipinski definition) is 0. The van der Waals surface area contributed by atoms with Crippen LogP contribution in [0.1, 0.15) is 21.7 Å². The summed E-state index contributed by atoms with van der Waals surface area (Å²) >= 11 is 12.1. The van der Waals surface area contributed by atoms with E-state index in [0.717, 1.165) is 23.0 Å². The third-order valence-corrected chi connectivity index (χ3v) is 5.74. The lowest BCUT2D eigenvalue weighted by molar-refractivity contribution is 0.0746. The van der Waals surface area contributed by atoms with Gasteiger partial charge in [-0.05, 0) is 32.0 Å². The van der Waals surface area contributed by atoms with Gasteiger partial charge in [0.25, 0.3) is 5.91 Å². The molecule has 0 bridgehead atoms. The number of carbonyl (C=O) groups excluding carboxylic acids is 1. The van der Waals surface area contributed by atoms with Gasteiger partial charge in [-0.2, -0.15) is 0 Å². The van der Waals surface area contributed by atoms with Crippen LogP contribution < -0.4 is 4.90 Å². The number of imidazole rings is 1. The Bertz CT molecular complexity index is 1060. The van der Waals surface area contributed by atoms with Crippen molar-refractivity contribution in [3.63, 3.8) is 0 Å². The number of benzene rings is 1. The van der Waals surface area contributed by atoms with Crippen LogP contribution in [-0.4, -0.2) is 56.5 Å². The Hall–Kier alpha value is -2.64. The van der Waals surface area contributed by atoms with E-state index in [9.17, 15) is 4.79 Å². The van der Waals surface area contributed by atoms with E-state index in [1.165, 1.54) is 0 Å². The van der Waals surface area contributed by atoms with Crippen LogP contribution in [0.4, 0.5) is 5.82 Å². The maximum atomic E-state index is 12.8. The third-order valence-electron chi connectivity index (χ3n) is 5.19. The fraction of sp³-hybridized carbons (Fsp3) is 0.300. The first-order chi connectivity index (χ1) is 13.9. The van der Waals surface area contributed by atoms with Crippen molar-refractivity contribution in [2.24, 2.45) is 0 Å². The smallest absolute Gasteiger partial charge is 0.255 e. The SMILES string of the molecule is Cc1ncn(-c2cc(N3CCN(C(=O)c4ccc(Cl)cc4Cl)CC3)ncn2)c1C. The fourth-order valence-electron chi connectivity index (χ4n) is 3.34. The molecule has 0 aliphatic carbocycles. The molecule has 0 radical (unpaired) electrons. The predicted octanol–water partition coefficient (Wildman–Crippen LogP) is 3.55. The van der Waals surface area contributed by atoms with Gasteiger partial charge in [0, 0.05) is 43.0 Å². The highest BCUT2D eigenvalue weighted by Gasteiger charge is 2.24. The molecule has 0 atom stereocenters. The van der Waals surface area contributed by atoms with Crippen molar-refractivity contribution in [1.82, 2.24) is 24.4 Å². The molecule has 0 saturated carbocycles. The number of aryl methyl sites for hydroxylation is 1. The first kappa shape index (κ1) is 19.7. The highest BCUT2D eigenvalue weighted by Crippen LogP contribution is 2.24. The summed E-state index contributed by atoms with van der Waals surface area (Å²) < 4.78 is 1.95. The molecule has 1 aliphatic heterocycles. The molecule has 150 valence electrons. The van der Waals surface area contributed by atoms with Crippen molar-refractivity contribution < 1.29 is 4.79 Å². The summed E-state index contributed by atoms with van der Waals surface area (Å²) in [5.41, 5.74) is 2.49. The summed E-state index contributed by atoms with van der Waals surface area (Å²) in [6.07, 6.45) is 3.33. The normalized spacial score (nSPS) is 14.3. The van der Waals surface area contributed by atoms with Crippen LogP contribution in [0.25, 0.3) is 5.82 Å². The molecular weight excluding hydrogens is 411 g/mol. The average Bonchev–Trinajstić information content (AvgIpc) is 3.06. The van der Waals surface area contributed by atoms with Crippen molar-refractivity contribution >= 4 is 34.9 Å². The number of piperazine rings is 1. The van der Waals surface area contributed by atoms with Gasteiger partial charge in [-0.15, -0.1) is 0 Å². The topological polar surface area (TPSA) is 67.2 Å². The third kappa shape index (κ3) is 3.93. The van der Waals surface area contributed by atoms with Crippen molar-refractivity contribution in [2.75, 3.05) is 31.1 Å². The minimum absolute atomic E-state index is 0.0841. The minimum Gasteiger partial charge on any atom is -0.353 e. The molecule has 1 amide bonds. The second-order valence-electron chi connectivity index (χ2n) is 6.92. The van der Waals surface area contributed by atoms with Crippen molar-refractivity contribution in [3.8, 4) is 5.82 Å². The molecule has 0 unspecified atom stereocenters. The quantitative estimate of drug-likeness (QED) is 0.635. The van der Waals surface area contributed by atoms with Crippen LogP contribution in [0.2, 0.25) is 10.0 Å². The van der Waals surface area contributed by atoms with E-state index in [1.54, 1.807) is 35.8 Å². The van der Waals surface area contributed by atoms with Gasteiger partial charge in [-0.1, -0.05) is 23.2 Å². The lowest BCUT2D eigenvalue weighted by Crippen LogP contribution is -2.49. The molecule has 3 aromatic rings. The number of amides is 1. The summed E-state index contributed by atoms with van der Waals surface area (Å²) in [6, 6.07) is 6.89. The van der Waals surface area contributed by atoms with E-state index >= 15 is 0 Å². The summed E-state index contributed by atoms with van der Waals surface area (Å²) in [5.74, 6) is 1.52. The standard InChI is InChI=1S/C20H20Cl2N6O/c1-13-14(2)28(12-25-13)19-10-18(23-11-24-19)26-5-7-27(8-6-26)20(29)16-4-3-15(21)9-17(16)22/h3-4,9-12H,5-8H2,1-2H3. The zero-order chi connectivity index (χ0) is 20.5. The van der Waals surface area contributed by atoms with Crippen molar-refractivity contribution in [3.05, 3.63) is 63.9 Å². The number of carbonyl (C=O) groups is 1. The van der Waals surface area contributed by atoms with Crippen LogP contribution in [0.3, 0.4) is 0 Å². The first-order valence-corrected chi connectivity index (χ1v) is 10.0. The Morgan fingerprint density at radius 3 is 2.34 bits per heavy atom. The summed E-state index contributed by atoms with van der Waals surface area (Å²) in [6.45, 7) is 6.50. The van der Waals surface area contributed by atoms with Crippen LogP contribution in [0, 0.1) is 13.8 Å². The molecule has 0 N–H and O–H groups in total. The number of hydrogen-bond acceptors (Lipinski definition) is 5. The van der Waals surface area contributed by atoms with E-state index in [0.29, 0.717) is 41.8 Å². The van der Waals surface area contributed by atoms with Crippen molar-refractivity contribution in [1.29, 1.82) is 0 Å². The number of nitrogens with zero attached hydrogens (tertiary/aromatic N) is 6. The molecule has 7 nitrogen and oxygen atoms in total. The lowest BCUT2D eigenvalue weighted by atomic mass is 10.1. The number of aromatic nitrogens is 4. The second-order valence-corrected chi connectivity index (χ2v) is 7.77. The number of anilines is 1. The molecule has 0 spiro atoms. The van der Waals surface area contributed by atoms with E-state index in [2.05, 4.69) is 19.9 Å². The lowest BCUT2D eigenvalue weighted by Gasteiger charge is -2.35. The maximum Gasteiger partial charge on any atom is 0.255 e. The van der Waals surface area contributed by atoms with Gasteiger partial charge in [0.1, 0.15) is 24.3 Å². The van der Waals surface area contributed by atoms with Crippen LogP contribution in [-0.2, 0) is 0 Å². The minimum atomic E-state index is -0.0841. The van der Waals surface area contributed by atoms with Crippen LogP contribution in [0.15, 0.2) is 36.9 Å². The predicted molar refractivity (Wildman–Crippen MR) is 113 cm³/mol. The van der Waals surface area contributed by atoms with Gasteiger partial charge in [-0.25, -0.2) is 15.0 Å². The maximum absolute atomic E-state index is 12.8. The molecule has 1 fully saturated rings. The van der Waals surface area contributed by atoms with Crippen LogP contribution >= 0.6 is 23.2 Å². The molecular formula is C20H20Cl2N6O. The average molecular weight is 431 g/mol. The summed E-state index contributed by atoms with van der Waals surface area (Å²) in [7, 11) is 0. The van der Waals surface area contributed by atoms with Crippen molar-refractivity contribution in [2.45, 2.75) is 13.8 Å². The zero-order valence-electron chi connectivity index (χ0n) is 16.1. The Morgan fingerprint density at radius 1 is 0.966 bits per heavy atom. The van der Waals surface area contributed by atoms with Gasteiger partial charge in [0.05, 0.1) is 16.3 Å². The van der Waals surface area contributed by atoms with Gasteiger partial charge in [0.2, 0.25) is 0 Å². The number of halogens is 2. The molecule has 29 heavy (non-hydrogen) atoms. The molecule has 9 heteroatoms. The molecule has 2 aromatic heterocycles. The Balaban J connectivity index is 1.47. The van der Waals surface area contributed by atoms with E-state index < -0.39 is 0 Å². The largest absolute Gasteiger partial charge is 0.353 e. The summed E-state index contributed by atoms with van der Waals surface area (Å²) in [4.78, 5) is 29.9. The van der Waals surface area contributed by atoms with Crippen LogP contribution in [0.5, 0.6) is 0 Å². The van der Waals surface area contributed by atoms with Gasteiger partial charge >= 0.3 is 0 Å². The Morgan fingerprint density at radius 2 is 1.69 bits per heavy atom. The number of rotatable bonds is 3. The molecule has 1 aliphatic rings. The molecule has 4 rings (SSSR count). The second kappa shape index (κ2) is 8.00. The zero-order valence-corrected chi connectivity index (χ0v) is 17.7. The molecule has 1 saturated heterocycles. The monoisotopic (exact) mass is 430 g/mol. The van der Waals surface area contributed by atoms with E-state index in [4.69, 9.17) is 23.2 Å².